The molecule has 0 saturated heterocycles. The summed E-state index contributed by atoms with van der Waals surface area (Å²) in [6.45, 7) is 1.40. The lowest BCUT2D eigenvalue weighted by Gasteiger charge is -2.09. The van der Waals surface area contributed by atoms with E-state index in [-0.39, 0.29) is 5.97 Å². The first kappa shape index (κ1) is 15.3. The number of esters is 1. The molecule has 3 aromatic carbocycles. The zero-order chi connectivity index (χ0) is 17.4. The van der Waals surface area contributed by atoms with Gasteiger partial charge in [0.25, 0.3) is 0 Å². The number of hydrogen-bond donors (Lipinski definition) is 0. The fraction of sp³-hybridized carbons (Fsp3) is 0.0952. The lowest BCUT2D eigenvalue weighted by atomic mass is 10.1. The van der Waals surface area contributed by atoms with Crippen LogP contribution in [-0.2, 0) is 4.79 Å². The summed E-state index contributed by atoms with van der Waals surface area (Å²) in [5.41, 5.74) is 1.63. The van der Waals surface area contributed by atoms with Gasteiger partial charge in [0.2, 0.25) is 0 Å². The monoisotopic (exact) mass is 332 g/mol. The summed E-state index contributed by atoms with van der Waals surface area (Å²) in [6.07, 6.45) is 0. The summed E-state index contributed by atoms with van der Waals surface area (Å²) in [4.78, 5) is 11.6. The van der Waals surface area contributed by atoms with Crippen molar-refractivity contribution >= 4 is 27.7 Å². The van der Waals surface area contributed by atoms with Crippen molar-refractivity contribution in [2.75, 3.05) is 7.11 Å². The van der Waals surface area contributed by atoms with Crippen molar-refractivity contribution in [2.24, 2.45) is 0 Å². The van der Waals surface area contributed by atoms with E-state index in [0.29, 0.717) is 11.3 Å². The second kappa shape index (κ2) is 5.98. The summed E-state index contributed by atoms with van der Waals surface area (Å²) in [6, 6.07) is 19.3. The van der Waals surface area contributed by atoms with Gasteiger partial charge >= 0.3 is 5.97 Å². The molecule has 1 aromatic heterocycles. The smallest absolute Gasteiger partial charge is 0.308 e. The zero-order valence-corrected chi connectivity index (χ0v) is 13.9. The Balaban J connectivity index is 2.01. The van der Waals surface area contributed by atoms with Crippen LogP contribution in [0.2, 0.25) is 0 Å². The highest BCUT2D eigenvalue weighted by Crippen LogP contribution is 2.40. The maximum Gasteiger partial charge on any atom is 0.308 e. The number of furan rings is 1. The molecule has 25 heavy (non-hydrogen) atoms. The Morgan fingerprint density at radius 1 is 0.960 bits per heavy atom. The lowest BCUT2D eigenvalue weighted by Crippen LogP contribution is -2.02. The van der Waals surface area contributed by atoms with Crippen LogP contribution < -0.4 is 9.47 Å². The second-order valence-corrected chi connectivity index (χ2v) is 5.77. The first-order chi connectivity index (χ1) is 12.2. The number of carbonyl (C=O) groups excluding carboxylic acids is 1. The van der Waals surface area contributed by atoms with E-state index in [2.05, 4.69) is 0 Å². The number of hydrogen-bond acceptors (Lipinski definition) is 4. The molecule has 4 heteroatoms. The van der Waals surface area contributed by atoms with E-state index in [9.17, 15) is 4.79 Å². The molecule has 0 aliphatic carbocycles. The van der Waals surface area contributed by atoms with Crippen LogP contribution in [0.1, 0.15) is 6.92 Å². The van der Waals surface area contributed by atoms with Crippen molar-refractivity contribution in [1.82, 2.24) is 0 Å². The number of methoxy groups -OCH3 is 1. The Kier molecular flexibility index (Phi) is 3.65. The topological polar surface area (TPSA) is 48.7 Å². The normalized spacial score (nSPS) is 11.0. The Morgan fingerprint density at radius 3 is 2.48 bits per heavy atom. The van der Waals surface area contributed by atoms with E-state index in [0.717, 1.165) is 33.2 Å². The van der Waals surface area contributed by atoms with Gasteiger partial charge < -0.3 is 13.9 Å². The Labute approximate surface area is 144 Å². The quantitative estimate of drug-likeness (QED) is 0.383. The van der Waals surface area contributed by atoms with Crippen LogP contribution >= 0.6 is 0 Å². The molecule has 0 N–H and O–H groups in total. The molecule has 0 amide bonds. The van der Waals surface area contributed by atoms with Crippen LogP contribution in [0.5, 0.6) is 11.5 Å². The minimum absolute atomic E-state index is 0.368. The van der Waals surface area contributed by atoms with Crippen molar-refractivity contribution in [2.45, 2.75) is 6.92 Å². The number of benzene rings is 3. The third kappa shape index (κ3) is 2.72. The van der Waals surface area contributed by atoms with E-state index < -0.39 is 0 Å². The minimum Gasteiger partial charge on any atom is -0.497 e. The largest absolute Gasteiger partial charge is 0.497 e. The third-order valence-electron chi connectivity index (χ3n) is 4.10. The predicted molar refractivity (Wildman–Crippen MR) is 97.0 cm³/mol. The van der Waals surface area contributed by atoms with Gasteiger partial charge in [-0.3, -0.25) is 4.79 Å². The summed E-state index contributed by atoms with van der Waals surface area (Å²) in [5, 5.41) is 2.49. The predicted octanol–water partition coefficient (Wildman–Crippen LogP) is 5.19. The van der Waals surface area contributed by atoms with E-state index in [4.69, 9.17) is 13.9 Å². The van der Waals surface area contributed by atoms with E-state index >= 15 is 0 Å². The fourth-order valence-electron chi connectivity index (χ4n) is 2.97. The summed E-state index contributed by atoms with van der Waals surface area (Å²) >= 11 is 0. The van der Waals surface area contributed by atoms with E-state index in [1.54, 1.807) is 7.11 Å². The first-order valence-corrected chi connectivity index (χ1v) is 7.94. The van der Waals surface area contributed by atoms with Gasteiger partial charge in [0.1, 0.15) is 22.8 Å². The third-order valence-corrected chi connectivity index (χ3v) is 4.10. The zero-order valence-electron chi connectivity index (χ0n) is 13.9. The summed E-state index contributed by atoms with van der Waals surface area (Å²) < 4.78 is 16.8. The number of carbonyl (C=O) groups is 1. The van der Waals surface area contributed by atoms with Gasteiger partial charge in [0.15, 0.2) is 0 Å². The van der Waals surface area contributed by atoms with Crippen molar-refractivity contribution in [3.63, 3.8) is 0 Å². The van der Waals surface area contributed by atoms with E-state index in [1.807, 2.05) is 60.7 Å². The van der Waals surface area contributed by atoms with Crippen LogP contribution in [0.3, 0.4) is 0 Å². The second-order valence-electron chi connectivity index (χ2n) is 5.77. The molecule has 0 spiro atoms. The van der Waals surface area contributed by atoms with Gasteiger partial charge in [-0.2, -0.15) is 0 Å². The molecule has 0 aliphatic heterocycles. The maximum atomic E-state index is 11.6. The molecule has 0 saturated carbocycles. The van der Waals surface area contributed by atoms with Gasteiger partial charge in [-0.25, -0.2) is 0 Å². The van der Waals surface area contributed by atoms with E-state index in [1.165, 1.54) is 6.92 Å². The van der Waals surface area contributed by atoms with Gasteiger partial charge in [-0.05, 0) is 35.7 Å². The molecule has 0 bridgehead atoms. The molecule has 4 nitrogen and oxygen atoms in total. The molecule has 0 aliphatic rings. The molecular formula is C21H16O4. The highest BCUT2D eigenvalue weighted by atomic mass is 16.5. The van der Waals surface area contributed by atoms with Gasteiger partial charge in [0, 0.05) is 17.9 Å². The SMILES string of the molecule is COc1ccc2c(OC(C)=O)c3cc(-c4ccccc4)oc3cc2c1. The van der Waals surface area contributed by atoms with Crippen LogP contribution in [0.15, 0.2) is 65.1 Å². The maximum absolute atomic E-state index is 11.6. The molecule has 124 valence electrons. The molecule has 0 atom stereocenters. The van der Waals surface area contributed by atoms with Crippen LogP contribution in [0.25, 0.3) is 33.1 Å². The first-order valence-electron chi connectivity index (χ1n) is 7.94. The molecule has 1 heterocycles. The van der Waals surface area contributed by atoms with Gasteiger partial charge in [-0.1, -0.05) is 30.3 Å². The Morgan fingerprint density at radius 2 is 1.76 bits per heavy atom. The minimum atomic E-state index is -0.368. The fourth-order valence-corrected chi connectivity index (χ4v) is 2.97. The molecule has 4 rings (SSSR count). The molecular weight excluding hydrogens is 316 g/mol. The van der Waals surface area contributed by atoms with Crippen molar-refractivity contribution < 1.29 is 18.7 Å². The number of fused-ring (bicyclic) bond motifs is 2. The van der Waals surface area contributed by atoms with Gasteiger partial charge in [-0.15, -0.1) is 0 Å². The molecule has 0 unspecified atom stereocenters. The van der Waals surface area contributed by atoms with Crippen molar-refractivity contribution in [1.29, 1.82) is 0 Å². The highest BCUT2D eigenvalue weighted by molar-refractivity contribution is 6.06. The van der Waals surface area contributed by atoms with Crippen LogP contribution in [0, 0.1) is 0 Å². The highest BCUT2D eigenvalue weighted by Gasteiger charge is 2.16. The summed E-state index contributed by atoms with van der Waals surface area (Å²) in [7, 11) is 1.62. The van der Waals surface area contributed by atoms with Crippen LogP contribution in [-0.4, -0.2) is 13.1 Å². The van der Waals surface area contributed by atoms with Crippen LogP contribution in [0.4, 0.5) is 0 Å². The Hall–Kier alpha value is -3.27. The summed E-state index contributed by atoms with van der Waals surface area (Å²) in [5.74, 6) is 1.60. The molecule has 0 radical (unpaired) electrons. The lowest BCUT2D eigenvalue weighted by molar-refractivity contribution is -0.131. The number of rotatable bonds is 3. The van der Waals surface area contributed by atoms with Crippen molar-refractivity contribution in [3.8, 4) is 22.8 Å². The standard InChI is InChI=1S/C21H16O4/c1-13(22)24-21-17-9-8-16(23-2)10-15(17)11-20-18(21)12-19(25-20)14-6-4-3-5-7-14/h3-12H,1-2H3. The molecule has 4 aromatic rings. The molecule has 0 fully saturated rings. The number of ether oxygens (including phenoxy) is 2. The van der Waals surface area contributed by atoms with Crippen molar-refractivity contribution in [3.05, 3.63) is 60.7 Å². The van der Waals surface area contributed by atoms with Gasteiger partial charge in [0.05, 0.1) is 12.5 Å². The average molecular weight is 332 g/mol. The Bertz CT molecular complexity index is 1080. The average Bonchev–Trinajstić information content (AvgIpc) is 3.05.